The second-order valence-electron chi connectivity index (χ2n) is 8.09. The normalized spacial score (nSPS) is 13.4. The van der Waals surface area contributed by atoms with Crippen molar-refractivity contribution in [2.75, 3.05) is 11.9 Å². The number of allylic oxidation sites excluding steroid dienone is 4. The molecule has 3 N–H and O–H groups in total. The van der Waals surface area contributed by atoms with Crippen molar-refractivity contribution < 1.29 is 14.3 Å². The number of carbonyl (C=O) groups excluding carboxylic acids is 2. The van der Waals surface area contributed by atoms with Crippen molar-refractivity contribution in [2.24, 2.45) is 5.73 Å². The van der Waals surface area contributed by atoms with E-state index in [-0.39, 0.29) is 25.0 Å². The van der Waals surface area contributed by atoms with E-state index in [4.69, 9.17) is 10.5 Å². The number of aromatic nitrogens is 1. The smallest absolute Gasteiger partial charge is 0.282 e. The van der Waals surface area contributed by atoms with E-state index in [1.807, 2.05) is 73.7 Å². The van der Waals surface area contributed by atoms with E-state index in [1.54, 1.807) is 24.5 Å². The summed E-state index contributed by atoms with van der Waals surface area (Å²) in [5, 5.41) is 4.95. The maximum atomic E-state index is 12.9. The number of carbonyl (C=O) groups is 2. The molecular formula is C28H26LrN3O3-. The maximum Gasteiger partial charge on any atom is 0.282 e. The average Bonchev–Trinajstić information content (AvgIpc) is 3.08. The monoisotopic (exact) mass is 714 g/mol. The SMILES string of the molecule is C[C-]1C=CC=CC(C(=O)OCc2ccc([C@@H](CN)C(=O)Nc3ccc4cnccc4c3)cc2)=C1.[Lr]. The summed E-state index contributed by atoms with van der Waals surface area (Å²) in [6.07, 6.45) is 12.6. The average molecular weight is 715 g/mol. The Morgan fingerprint density at radius 1 is 1.09 bits per heavy atom. The Kier molecular flexibility index (Phi) is 7.78. The summed E-state index contributed by atoms with van der Waals surface area (Å²) in [5.41, 5.74) is 8.77. The molecule has 0 saturated carbocycles. The molecule has 7 heteroatoms. The van der Waals surface area contributed by atoms with Crippen LogP contribution in [0.15, 0.2) is 96.9 Å². The van der Waals surface area contributed by atoms with Gasteiger partial charge in [-0.25, -0.2) is 0 Å². The maximum absolute atomic E-state index is 12.9. The standard InChI is InChI=1S/C28H26N3O3.Lr/c1-19-4-2-3-5-23(14-19)28(33)34-18-20-6-8-21(9-7-20)26(16-29)27(32)31-25-11-10-24-17-30-13-12-22(24)15-25;/h2-15,17,26H,16,18,29H2,1H3,(H,31,32);/q-1;/t26-;/m1./s1. The molecule has 3 aromatic rings. The Morgan fingerprint density at radius 3 is 2.66 bits per heavy atom. The van der Waals surface area contributed by atoms with Gasteiger partial charge in [0, 0.05) is 30.0 Å². The first-order valence-electron chi connectivity index (χ1n) is 11.0. The molecule has 0 bridgehead atoms. The molecule has 0 fully saturated rings. The van der Waals surface area contributed by atoms with E-state index in [0.29, 0.717) is 11.3 Å². The molecule has 1 heterocycles. The molecule has 2 aromatic carbocycles. The number of nitrogens with one attached hydrogen (secondary N) is 1. The topological polar surface area (TPSA) is 94.3 Å². The first kappa shape index (κ1) is 24.5. The number of ether oxygens (including phenoxy) is 1. The Labute approximate surface area is 198 Å². The second-order valence-corrected chi connectivity index (χ2v) is 8.09. The van der Waals surface area contributed by atoms with Gasteiger partial charge < -0.3 is 15.8 Å². The fourth-order valence-corrected chi connectivity index (χ4v) is 3.70. The van der Waals surface area contributed by atoms with Gasteiger partial charge in [0.25, 0.3) is 5.97 Å². The molecule has 1 aromatic heterocycles. The first-order valence-corrected chi connectivity index (χ1v) is 11.0. The quantitative estimate of drug-likeness (QED) is 0.276. The minimum Gasteiger partial charge on any atom is -0.466 e. The van der Waals surface area contributed by atoms with Crippen molar-refractivity contribution in [3.8, 4) is 0 Å². The fourth-order valence-electron chi connectivity index (χ4n) is 3.70. The van der Waals surface area contributed by atoms with Gasteiger partial charge in [-0.3, -0.25) is 14.6 Å². The largest absolute Gasteiger partial charge is 0.466 e. The number of rotatable bonds is 7. The van der Waals surface area contributed by atoms with Crippen molar-refractivity contribution in [2.45, 2.75) is 19.4 Å². The van der Waals surface area contributed by atoms with Crippen LogP contribution in [0.5, 0.6) is 0 Å². The van der Waals surface area contributed by atoms with Gasteiger partial charge in [0.1, 0.15) is 6.61 Å². The molecule has 1 amide bonds. The zero-order valence-electron chi connectivity index (χ0n) is 19.2. The van der Waals surface area contributed by atoms with Gasteiger partial charge in [-0.1, -0.05) is 37.3 Å². The number of benzene rings is 2. The van der Waals surface area contributed by atoms with Gasteiger partial charge in [-0.2, -0.15) is 24.1 Å². The number of esters is 1. The predicted molar refractivity (Wildman–Crippen MR) is 134 cm³/mol. The minimum atomic E-state index is -0.503. The van der Waals surface area contributed by atoms with E-state index in [9.17, 15) is 9.59 Å². The van der Waals surface area contributed by atoms with Crippen LogP contribution in [-0.4, -0.2) is 23.4 Å². The summed E-state index contributed by atoms with van der Waals surface area (Å²) >= 11 is 0. The number of anilines is 1. The van der Waals surface area contributed by atoms with E-state index in [1.165, 1.54) is 0 Å². The molecule has 1 atom stereocenters. The molecule has 0 aliphatic heterocycles. The molecule has 4 rings (SSSR count). The third kappa shape index (κ3) is 6.00. The van der Waals surface area contributed by atoms with E-state index >= 15 is 0 Å². The van der Waals surface area contributed by atoms with Crippen molar-refractivity contribution in [1.82, 2.24) is 4.98 Å². The molecule has 0 spiro atoms. The van der Waals surface area contributed by atoms with Crippen LogP contribution in [0.1, 0.15) is 24.0 Å². The van der Waals surface area contributed by atoms with Crippen LogP contribution in [-0.2, 0) is 20.9 Å². The van der Waals surface area contributed by atoms with Crippen LogP contribution in [0.3, 0.4) is 0 Å². The molecule has 1 radical (unpaired) electrons. The van der Waals surface area contributed by atoms with E-state index in [2.05, 4.69) is 10.3 Å². The first-order chi connectivity index (χ1) is 16.5. The molecule has 6 nitrogen and oxygen atoms in total. The van der Waals surface area contributed by atoms with Crippen LogP contribution in [0, 0.1) is 5.92 Å². The minimum absolute atomic E-state index is 0. The number of hydrogen-bond donors (Lipinski definition) is 2. The van der Waals surface area contributed by atoms with E-state index < -0.39 is 5.92 Å². The van der Waals surface area contributed by atoms with Crippen LogP contribution in [0.4, 0.5) is 5.69 Å². The summed E-state index contributed by atoms with van der Waals surface area (Å²) in [7, 11) is 0. The van der Waals surface area contributed by atoms with Gasteiger partial charge in [0.2, 0.25) is 5.91 Å². The summed E-state index contributed by atoms with van der Waals surface area (Å²) in [4.78, 5) is 29.4. The Balaban J connectivity index is 0.00000342. The van der Waals surface area contributed by atoms with E-state index in [0.717, 1.165) is 27.8 Å². The number of nitrogens with two attached hydrogens (primary N) is 1. The third-order valence-electron chi connectivity index (χ3n) is 5.58. The van der Waals surface area contributed by atoms with Crippen LogP contribution in [0.2, 0.25) is 0 Å². The molecule has 0 unspecified atom stereocenters. The van der Waals surface area contributed by atoms with Gasteiger partial charge in [-0.05, 0) is 40.3 Å². The Hall–Kier alpha value is -5.16. The number of nitrogens with zero attached hydrogens (tertiary/aromatic N) is 1. The molecule has 187 valence electrons. The predicted octanol–water partition coefficient (Wildman–Crippen LogP) is 4.61. The van der Waals surface area contributed by atoms with Gasteiger partial charge in [0.05, 0.1) is 5.92 Å². The third-order valence-corrected chi connectivity index (χ3v) is 5.58. The molecule has 1 aliphatic rings. The van der Waals surface area contributed by atoms with Crippen LogP contribution < -0.4 is 11.1 Å². The summed E-state index contributed by atoms with van der Waals surface area (Å²) in [6, 6.07) is 15.0. The summed E-state index contributed by atoms with van der Waals surface area (Å²) < 4.78 is 5.45. The van der Waals surface area contributed by atoms with Crippen molar-refractivity contribution in [1.29, 1.82) is 0 Å². The molecule has 0 saturated heterocycles. The number of amides is 1. The Bertz CT molecular complexity index is 1280. The van der Waals surface area contributed by atoms with Crippen molar-refractivity contribution in [3.63, 3.8) is 0 Å². The summed E-state index contributed by atoms with van der Waals surface area (Å²) in [5.74, 6) is -0.0821. The van der Waals surface area contributed by atoms with Gasteiger partial charge >= 0.3 is 0 Å². The molecule has 1 aliphatic carbocycles. The van der Waals surface area contributed by atoms with Crippen LogP contribution >= 0.6 is 0 Å². The fraction of sp³-hybridized carbons (Fsp3) is 0.143. The Morgan fingerprint density at radius 2 is 1.89 bits per heavy atom. The second kappa shape index (κ2) is 11.1. The van der Waals surface area contributed by atoms with Gasteiger partial charge in [0.15, 0.2) is 0 Å². The number of pyridine rings is 1. The molecular weight excluding hydrogens is 688 g/mol. The zero-order valence-corrected chi connectivity index (χ0v) is 21.3. The van der Waals surface area contributed by atoms with Crippen molar-refractivity contribution >= 4 is 28.3 Å². The molecule has 35 heavy (non-hydrogen) atoms. The van der Waals surface area contributed by atoms with Gasteiger partial charge in [-0.15, -0.1) is 12.2 Å². The number of hydrogen-bond acceptors (Lipinski definition) is 5. The zero-order chi connectivity index (χ0) is 23.9. The van der Waals surface area contributed by atoms with Crippen LogP contribution in [0.25, 0.3) is 10.8 Å². The van der Waals surface area contributed by atoms with Crippen molar-refractivity contribution in [3.05, 3.63) is 114 Å². The number of fused-ring (bicyclic) bond motifs is 1. The summed E-state index contributed by atoms with van der Waals surface area (Å²) in [6.45, 7) is 2.24.